The van der Waals surface area contributed by atoms with Crippen LogP contribution in [0.5, 0.6) is 0 Å². The predicted octanol–water partition coefficient (Wildman–Crippen LogP) is 5.13. The Balaban J connectivity index is 1.53. The van der Waals surface area contributed by atoms with Gasteiger partial charge < -0.3 is 5.32 Å². The third kappa shape index (κ3) is 5.57. The summed E-state index contributed by atoms with van der Waals surface area (Å²) in [7, 11) is 0. The summed E-state index contributed by atoms with van der Waals surface area (Å²) in [6.07, 6.45) is 4.03. The van der Waals surface area contributed by atoms with Crippen LogP contribution in [0.3, 0.4) is 0 Å². The molecule has 1 aliphatic rings. The molecule has 1 aromatic heterocycles. The molecule has 1 fully saturated rings. The molecule has 4 rings (SSSR count). The van der Waals surface area contributed by atoms with E-state index in [1.165, 1.54) is 30.3 Å². The summed E-state index contributed by atoms with van der Waals surface area (Å²) < 4.78 is 26.7. The number of aliphatic imine (C=N–C) groups is 1. The van der Waals surface area contributed by atoms with E-state index >= 15 is 0 Å². The van der Waals surface area contributed by atoms with E-state index in [4.69, 9.17) is 4.99 Å². The minimum Gasteiger partial charge on any atom is -0.309 e. The van der Waals surface area contributed by atoms with Crippen LogP contribution in [0.2, 0.25) is 0 Å². The van der Waals surface area contributed by atoms with Gasteiger partial charge in [-0.3, -0.25) is 15.2 Å². The molecule has 166 valence electrons. The minimum absolute atomic E-state index is 0.0806. The van der Waals surface area contributed by atoms with E-state index in [1.54, 1.807) is 24.3 Å². The zero-order chi connectivity index (χ0) is 22.5. The first-order chi connectivity index (χ1) is 15.5. The van der Waals surface area contributed by atoms with Crippen LogP contribution < -0.4 is 10.6 Å². The van der Waals surface area contributed by atoms with E-state index in [0.717, 1.165) is 31.2 Å². The van der Waals surface area contributed by atoms with Gasteiger partial charge in [0.05, 0.1) is 11.7 Å². The number of carbonyl (C=O) groups excluding carboxylic acids is 1. The van der Waals surface area contributed by atoms with E-state index in [1.807, 2.05) is 0 Å². The highest BCUT2D eigenvalue weighted by Crippen LogP contribution is 2.26. The number of aromatic amines is 1. The summed E-state index contributed by atoms with van der Waals surface area (Å²) in [6, 6.07) is 13.4. The standard InChI is InChI=1S/C24H25F2N5O/c1-15-5-11-20(12-6-15)27-24(29-23(32)17-3-2-4-19(26)13-17)28-22-14-21(30-31-22)16-7-9-18(25)10-8-16/h2-4,7-10,13-15,20H,5-6,11-12H2,1H3,(H3,27,28,29,30,31,32). The van der Waals surface area contributed by atoms with Gasteiger partial charge in [0.1, 0.15) is 11.6 Å². The van der Waals surface area contributed by atoms with E-state index in [-0.39, 0.29) is 23.4 Å². The second kappa shape index (κ2) is 9.72. The molecule has 0 radical (unpaired) electrons. The number of aromatic nitrogens is 2. The molecule has 0 bridgehead atoms. The number of halogens is 2. The molecule has 0 spiro atoms. The SMILES string of the molecule is CC1CCC(N=C(NC(=O)c2cccc(F)c2)Nc2cc(-c3ccc(F)cc3)[nH]n2)CC1. The van der Waals surface area contributed by atoms with Gasteiger partial charge in [-0.1, -0.05) is 13.0 Å². The fraction of sp³-hybridized carbons (Fsp3) is 0.292. The molecule has 1 saturated carbocycles. The van der Waals surface area contributed by atoms with Gasteiger partial charge in [0.2, 0.25) is 5.96 Å². The van der Waals surface area contributed by atoms with Gasteiger partial charge in [0.15, 0.2) is 5.82 Å². The molecule has 3 aromatic rings. The lowest BCUT2D eigenvalue weighted by molar-refractivity contribution is 0.0976. The molecule has 1 aliphatic carbocycles. The van der Waals surface area contributed by atoms with Crippen molar-refractivity contribution in [2.24, 2.45) is 10.9 Å². The number of carbonyl (C=O) groups is 1. The van der Waals surface area contributed by atoms with Crippen molar-refractivity contribution in [3.63, 3.8) is 0 Å². The molecule has 8 heteroatoms. The molecule has 0 saturated heterocycles. The Morgan fingerprint density at radius 2 is 1.78 bits per heavy atom. The second-order valence-electron chi connectivity index (χ2n) is 8.15. The maximum atomic E-state index is 13.5. The van der Waals surface area contributed by atoms with Gasteiger partial charge in [0, 0.05) is 11.6 Å². The van der Waals surface area contributed by atoms with Gasteiger partial charge in [-0.25, -0.2) is 13.8 Å². The maximum Gasteiger partial charge on any atom is 0.258 e. The van der Waals surface area contributed by atoms with Crippen LogP contribution in [0.1, 0.15) is 43.0 Å². The van der Waals surface area contributed by atoms with Gasteiger partial charge in [-0.05, 0) is 79.6 Å². The number of nitrogens with one attached hydrogen (secondary N) is 3. The molecular formula is C24H25F2N5O. The molecule has 32 heavy (non-hydrogen) atoms. The quantitative estimate of drug-likeness (QED) is 0.391. The van der Waals surface area contributed by atoms with Crippen LogP contribution in [0, 0.1) is 17.6 Å². The monoisotopic (exact) mass is 437 g/mol. The molecule has 6 nitrogen and oxygen atoms in total. The second-order valence-corrected chi connectivity index (χ2v) is 8.15. The highest BCUT2D eigenvalue weighted by Gasteiger charge is 2.20. The predicted molar refractivity (Wildman–Crippen MR) is 120 cm³/mol. The van der Waals surface area contributed by atoms with E-state index in [2.05, 4.69) is 27.8 Å². The number of nitrogens with zero attached hydrogens (tertiary/aromatic N) is 2. The number of guanidine groups is 1. The number of H-pyrrole nitrogens is 1. The van der Waals surface area contributed by atoms with Crippen LogP contribution in [-0.4, -0.2) is 28.1 Å². The van der Waals surface area contributed by atoms with Crippen molar-refractivity contribution in [1.82, 2.24) is 15.5 Å². The average molecular weight is 437 g/mol. The van der Waals surface area contributed by atoms with E-state index in [0.29, 0.717) is 17.4 Å². The van der Waals surface area contributed by atoms with Crippen molar-refractivity contribution in [1.29, 1.82) is 0 Å². The number of anilines is 1. The molecule has 0 aliphatic heterocycles. The Labute approximate surface area is 185 Å². The highest BCUT2D eigenvalue weighted by atomic mass is 19.1. The molecule has 3 N–H and O–H groups in total. The molecule has 0 atom stereocenters. The van der Waals surface area contributed by atoms with Gasteiger partial charge in [-0.2, -0.15) is 5.10 Å². The lowest BCUT2D eigenvalue weighted by atomic mass is 9.88. The summed E-state index contributed by atoms with van der Waals surface area (Å²) in [5, 5.41) is 12.9. The third-order valence-electron chi connectivity index (χ3n) is 5.60. The maximum absolute atomic E-state index is 13.5. The van der Waals surface area contributed by atoms with Crippen LogP contribution in [0.25, 0.3) is 11.3 Å². The number of benzene rings is 2. The summed E-state index contributed by atoms with van der Waals surface area (Å²) in [4.78, 5) is 17.4. The number of rotatable bonds is 4. The Hall–Kier alpha value is -3.55. The molecule has 0 unspecified atom stereocenters. The first-order valence-corrected chi connectivity index (χ1v) is 10.7. The van der Waals surface area contributed by atoms with Crippen LogP contribution in [0.15, 0.2) is 59.6 Å². The Kier molecular flexibility index (Phi) is 6.58. The van der Waals surface area contributed by atoms with Crippen molar-refractivity contribution in [3.8, 4) is 11.3 Å². The average Bonchev–Trinajstić information content (AvgIpc) is 3.24. The number of hydrogen-bond donors (Lipinski definition) is 3. The normalized spacial score (nSPS) is 18.9. The smallest absolute Gasteiger partial charge is 0.258 e. The van der Waals surface area contributed by atoms with E-state index < -0.39 is 11.7 Å². The van der Waals surface area contributed by atoms with E-state index in [9.17, 15) is 13.6 Å². The van der Waals surface area contributed by atoms with Gasteiger partial charge in [-0.15, -0.1) is 0 Å². The summed E-state index contributed by atoms with van der Waals surface area (Å²) in [6.45, 7) is 2.23. The van der Waals surface area contributed by atoms with Crippen LogP contribution in [0.4, 0.5) is 14.6 Å². The molecule has 1 heterocycles. The van der Waals surface area contributed by atoms with Crippen LogP contribution >= 0.6 is 0 Å². The zero-order valence-corrected chi connectivity index (χ0v) is 17.7. The van der Waals surface area contributed by atoms with Crippen molar-refractivity contribution >= 4 is 17.7 Å². The topological polar surface area (TPSA) is 82.2 Å². The lowest BCUT2D eigenvalue weighted by Gasteiger charge is -2.24. The molecule has 1 amide bonds. The first-order valence-electron chi connectivity index (χ1n) is 10.7. The lowest BCUT2D eigenvalue weighted by Crippen LogP contribution is -2.37. The molecule has 2 aromatic carbocycles. The van der Waals surface area contributed by atoms with Crippen molar-refractivity contribution in [2.45, 2.75) is 38.6 Å². The number of amides is 1. The summed E-state index contributed by atoms with van der Waals surface area (Å²) >= 11 is 0. The van der Waals surface area contributed by atoms with Gasteiger partial charge >= 0.3 is 0 Å². The largest absolute Gasteiger partial charge is 0.309 e. The molecular weight excluding hydrogens is 412 g/mol. The minimum atomic E-state index is -0.485. The number of hydrogen-bond acceptors (Lipinski definition) is 3. The summed E-state index contributed by atoms with van der Waals surface area (Å²) in [5.41, 5.74) is 1.66. The van der Waals surface area contributed by atoms with Crippen LogP contribution in [-0.2, 0) is 0 Å². The highest BCUT2D eigenvalue weighted by molar-refractivity contribution is 6.09. The zero-order valence-electron chi connectivity index (χ0n) is 17.7. The Morgan fingerprint density at radius 3 is 2.50 bits per heavy atom. The third-order valence-corrected chi connectivity index (χ3v) is 5.60. The Bertz CT molecular complexity index is 1100. The van der Waals surface area contributed by atoms with Crippen molar-refractivity contribution in [3.05, 3.63) is 71.8 Å². The fourth-order valence-corrected chi connectivity index (χ4v) is 3.74. The Morgan fingerprint density at radius 1 is 1.03 bits per heavy atom. The first kappa shape index (κ1) is 21.7. The van der Waals surface area contributed by atoms with Crippen molar-refractivity contribution < 1.29 is 13.6 Å². The van der Waals surface area contributed by atoms with Gasteiger partial charge in [0.25, 0.3) is 5.91 Å². The fourth-order valence-electron chi connectivity index (χ4n) is 3.74. The summed E-state index contributed by atoms with van der Waals surface area (Å²) in [5.74, 6) is 0.117. The van der Waals surface area contributed by atoms with Crippen molar-refractivity contribution in [2.75, 3.05) is 5.32 Å².